The van der Waals surface area contributed by atoms with Crippen LogP contribution in [0.1, 0.15) is 29.9 Å². The summed E-state index contributed by atoms with van der Waals surface area (Å²) in [6.07, 6.45) is 0. The highest BCUT2D eigenvalue weighted by Gasteiger charge is 2.10. The van der Waals surface area contributed by atoms with Crippen molar-refractivity contribution in [3.63, 3.8) is 0 Å². The van der Waals surface area contributed by atoms with E-state index >= 15 is 0 Å². The fraction of sp³-hybridized carbons (Fsp3) is 0.263. The second-order valence-electron chi connectivity index (χ2n) is 5.94. The third kappa shape index (κ3) is 3.75. The largest absolute Gasteiger partial charge is 0.496 e. The van der Waals surface area contributed by atoms with Crippen molar-refractivity contribution in [2.45, 2.75) is 26.4 Å². The third-order valence-corrected chi connectivity index (χ3v) is 4.82. The zero-order valence-corrected chi connectivity index (χ0v) is 16.0. The maximum absolute atomic E-state index is 12.3. The van der Waals surface area contributed by atoms with E-state index in [1.165, 1.54) is 0 Å². The van der Waals surface area contributed by atoms with E-state index in [1.807, 2.05) is 43.3 Å². The molecule has 0 fully saturated rings. The van der Waals surface area contributed by atoms with Crippen molar-refractivity contribution in [2.24, 2.45) is 0 Å². The van der Waals surface area contributed by atoms with Gasteiger partial charge in [-0.3, -0.25) is 9.20 Å². The normalized spacial score (nSPS) is 12.3. The zero-order valence-electron chi connectivity index (χ0n) is 14.4. The second-order valence-corrected chi connectivity index (χ2v) is 6.80. The van der Waals surface area contributed by atoms with Crippen molar-refractivity contribution in [3.05, 3.63) is 74.2 Å². The molecule has 130 valence electrons. The van der Waals surface area contributed by atoms with E-state index in [9.17, 15) is 4.79 Å². The van der Waals surface area contributed by atoms with Crippen LogP contribution in [-0.4, -0.2) is 16.5 Å². The molecular formula is C19H20BrN3O2. The molecule has 1 atom stereocenters. The van der Waals surface area contributed by atoms with Gasteiger partial charge in [0.05, 0.1) is 17.3 Å². The number of hydrogen-bond acceptors (Lipinski definition) is 4. The van der Waals surface area contributed by atoms with Gasteiger partial charge in [-0.1, -0.05) is 12.1 Å². The topological polar surface area (TPSA) is 55.6 Å². The van der Waals surface area contributed by atoms with E-state index in [1.54, 1.807) is 17.6 Å². The number of aryl methyl sites for hydroxylation is 1. The summed E-state index contributed by atoms with van der Waals surface area (Å²) in [4.78, 5) is 16.9. The summed E-state index contributed by atoms with van der Waals surface area (Å²) in [5, 5.41) is 3.41. The lowest BCUT2D eigenvalue weighted by molar-refractivity contribution is 0.411. The molecule has 1 N–H and O–H groups in total. The van der Waals surface area contributed by atoms with Crippen LogP contribution >= 0.6 is 15.9 Å². The fourth-order valence-corrected chi connectivity index (χ4v) is 3.34. The zero-order chi connectivity index (χ0) is 18.0. The Hall–Kier alpha value is -2.18. The highest BCUT2D eigenvalue weighted by molar-refractivity contribution is 9.10. The number of hydrogen-bond donors (Lipinski definition) is 1. The molecule has 0 aliphatic heterocycles. The van der Waals surface area contributed by atoms with Gasteiger partial charge in [-0.15, -0.1) is 0 Å². The Bertz CT molecular complexity index is 969. The van der Waals surface area contributed by atoms with E-state index in [-0.39, 0.29) is 11.6 Å². The lowest BCUT2D eigenvalue weighted by Crippen LogP contribution is -2.23. The molecule has 0 amide bonds. The van der Waals surface area contributed by atoms with Crippen LogP contribution in [0.5, 0.6) is 5.75 Å². The molecule has 5 nitrogen and oxygen atoms in total. The molecule has 0 saturated heterocycles. The van der Waals surface area contributed by atoms with Gasteiger partial charge < -0.3 is 10.1 Å². The van der Waals surface area contributed by atoms with Crippen molar-refractivity contribution in [1.29, 1.82) is 0 Å². The highest BCUT2D eigenvalue weighted by atomic mass is 79.9. The number of nitrogens with zero attached hydrogens (tertiary/aromatic N) is 2. The summed E-state index contributed by atoms with van der Waals surface area (Å²) in [6.45, 7) is 4.49. The number of benzene rings is 1. The van der Waals surface area contributed by atoms with Gasteiger partial charge in [0.25, 0.3) is 5.56 Å². The summed E-state index contributed by atoms with van der Waals surface area (Å²) in [7, 11) is 1.65. The van der Waals surface area contributed by atoms with Crippen LogP contribution in [0.4, 0.5) is 0 Å². The van der Waals surface area contributed by atoms with E-state index in [4.69, 9.17) is 4.74 Å². The van der Waals surface area contributed by atoms with Crippen LogP contribution < -0.4 is 15.6 Å². The number of fused-ring (bicyclic) bond motifs is 1. The number of nitrogens with one attached hydrogen (secondary N) is 1. The predicted octanol–water partition coefficient (Wildman–Crippen LogP) is 3.62. The van der Waals surface area contributed by atoms with Crippen molar-refractivity contribution >= 4 is 21.6 Å². The van der Waals surface area contributed by atoms with Crippen molar-refractivity contribution in [2.75, 3.05) is 7.11 Å². The van der Waals surface area contributed by atoms with Crippen molar-refractivity contribution < 1.29 is 4.74 Å². The van der Waals surface area contributed by atoms with Crippen LogP contribution in [0.3, 0.4) is 0 Å². The molecule has 3 aromatic rings. The van der Waals surface area contributed by atoms with Crippen LogP contribution in [0.2, 0.25) is 0 Å². The number of halogens is 1. The van der Waals surface area contributed by atoms with Crippen molar-refractivity contribution in [1.82, 2.24) is 14.7 Å². The standard InChI is InChI=1S/C19H20BrN3O2/c1-12-5-4-6-18-22-15(10-19(24)23(12)18)11-21-13(2)14-7-8-17(25-3)16(20)9-14/h4-10,13,21H,11H2,1-3H3/t13-/m0/s1. The maximum Gasteiger partial charge on any atom is 0.258 e. The molecule has 6 heteroatoms. The highest BCUT2D eigenvalue weighted by Crippen LogP contribution is 2.28. The van der Waals surface area contributed by atoms with E-state index in [0.717, 1.165) is 27.2 Å². The molecule has 2 aromatic heterocycles. The quantitative estimate of drug-likeness (QED) is 0.708. The minimum absolute atomic E-state index is 0.0558. The first-order valence-electron chi connectivity index (χ1n) is 8.04. The molecule has 0 spiro atoms. The first-order chi connectivity index (χ1) is 12.0. The Labute approximate surface area is 154 Å². The first-order valence-corrected chi connectivity index (χ1v) is 8.84. The molecule has 0 aliphatic rings. The molecule has 1 aromatic carbocycles. The smallest absolute Gasteiger partial charge is 0.258 e. The number of rotatable bonds is 5. The van der Waals surface area contributed by atoms with Gasteiger partial charge in [0, 0.05) is 24.3 Å². The summed E-state index contributed by atoms with van der Waals surface area (Å²) in [5.41, 5.74) is 3.35. The molecule has 25 heavy (non-hydrogen) atoms. The van der Waals surface area contributed by atoms with E-state index in [2.05, 4.69) is 33.2 Å². The molecule has 0 unspecified atom stereocenters. The monoisotopic (exact) mass is 401 g/mol. The van der Waals surface area contributed by atoms with E-state index in [0.29, 0.717) is 12.2 Å². The molecule has 0 aliphatic carbocycles. The van der Waals surface area contributed by atoms with Gasteiger partial charge in [-0.2, -0.15) is 0 Å². The molecule has 0 bridgehead atoms. The fourth-order valence-electron chi connectivity index (χ4n) is 2.78. The maximum atomic E-state index is 12.3. The van der Waals surface area contributed by atoms with Crippen LogP contribution in [0, 0.1) is 6.92 Å². The summed E-state index contributed by atoms with van der Waals surface area (Å²) in [6, 6.07) is 13.3. The average Bonchev–Trinajstić information content (AvgIpc) is 2.59. The van der Waals surface area contributed by atoms with Gasteiger partial charge in [0.1, 0.15) is 11.4 Å². The SMILES string of the molecule is COc1ccc([C@H](C)NCc2cc(=O)n3c(C)cccc3n2)cc1Br. The van der Waals surface area contributed by atoms with Crippen LogP contribution in [0.15, 0.2) is 51.7 Å². The van der Waals surface area contributed by atoms with Gasteiger partial charge in [0.15, 0.2) is 0 Å². The van der Waals surface area contributed by atoms with Gasteiger partial charge in [-0.25, -0.2) is 4.98 Å². The lowest BCUT2D eigenvalue weighted by Gasteiger charge is -2.15. The minimum Gasteiger partial charge on any atom is -0.496 e. The minimum atomic E-state index is -0.0558. The molecular weight excluding hydrogens is 382 g/mol. The van der Waals surface area contributed by atoms with E-state index < -0.39 is 0 Å². The second kappa shape index (κ2) is 7.37. The molecule has 0 radical (unpaired) electrons. The van der Waals surface area contributed by atoms with Gasteiger partial charge in [-0.05, 0) is 59.6 Å². The Balaban J connectivity index is 1.78. The summed E-state index contributed by atoms with van der Waals surface area (Å²) < 4.78 is 7.79. The predicted molar refractivity (Wildman–Crippen MR) is 102 cm³/mol. The Morgan fingerprint density at radius 1 is 1.28 bits per heavy atom. The average molecular weight is 402 g/mol. The van der Waals surface area contributed by atoms with Crippen LogP contribution in [-0.2, 0) is 6.54 Å². The third-order valence-electron chi connectivity index (χ3n) is 4.20. The Morgan fingerprint density at radius 2 is 2.08 bits per heavy atom. The molecule has 2 heterocycles. The lowest BCUT2D eigenvalue weighted by atomic mass is 10.1. The number of pyridine rings is 1. The summed E-state index contributed by atoms with van der Waals surface area (Å²) >= 11 is 3.51. The number of methoxy groups -OCH3 is 1. The number of ether oxygens (including phenoxy) is 1. The van der Waals surface area contributed by atoms with Gasteiger partial charge in [0.2, 0.25) is 0 Å². The summed E-state index contributed by atoms with van der Waals surface area (Å²) in [5.74, 6) is 0.801. The van der Waals surface area contributed by atoms with Gasteiger partial charge >= 0.3 is 0 Å². The first kappa shape index (κ1) is 17.6. The van der Waals surface area contributed by atoms with Crippen molar-refractivity contribution in [3.8, 4) is 5.75 Å². The molecule has 3 rings (SSSR count). The molecule has 0 saturated carbocycles. The Morgan fingerprint density at radius 3 is 2.80 bits per heavy atom. The number of aromatic nitrogens is 2. The van der Waals surface area contributed by atoms with Crippen LogP contribution in [0.25, 0.3) is 5.65 Å². The Kier molecular flexibility index (Phi) is 5.20.